The van der Waals surface area contributed by atoms with Gasteiger partial charge >= 0.3 is 5.97 Å². The first-order valence-electron chi connectivity index (χ1n) is 16.2. The molecule has 0 aliphatic carbocycles. The maximum Gasteiger partial charge on any atom is 0.303 e. The van der Waals surface area contributed by atoms with E-state index in [2.05, 4.69) is 86.5 Å². The number of halogens is 1. The lowest BCUT2D eigenvalue weighted by Crippen LogP contribution is -2.47. The average Bonchev–Trinajstić information content (AvgIpc) is 2.96. The number of carboxylic acid groups (broad SMARTS) is 1. The highest BCUT2D eigenvalue weighted by Gasteiger charge is 2.28. The molecule has 0 saturated carbocycles. The lowest BCUT2D eigenvalue weighted by Gasteiger charge is -2.34. The first-order valence-corrected chi connectivity index (χ1v) is 16.2. The SMILES string of the molecule is CC/C=C\C/C=C\C/C=C\CCCCCCCC(=O)O.CCCCN1CCCCC1C(=O)Nc1c(C)cccc1C.Cl.O. The van der Waals surface area contributed by atoms with Crippen LogP contribution in [-0.4, -0.2) is 46.5 Å². The zero-order chi connectivity index (χ0) is 30.1. The fraction of sp³-hybridized carbons (Fsp3) is 0.611. The maximum atomic E-state index is 12.7. The molecular formula is C36H61ClN2O4. The van der Waals surface area contributed by atoms with Gasteiger partial charge in [0.2, 0.25) is 5.91 Å². The van der Waals surface area contributed by atoms with Crippen LogP contribution in [0.1, 0.15) is 121 Å². The van der Waals surface area contributed by atoms with Crippen molar-refractivity contribution >= 4 is 30.0 Å². The van der Waals surface area contributed by atoms with Crippen LogP contribution in [0.3, 0.4) is 0 Å². The fourth-order valence-corrected chi connectivity index (χ4v) is 5.03. The summed E-state index contributed by atoms with van der Waals surface area (Å²) in [6.07, 6.45) is 29.1. The lowest BCUT2D eigenvalue weighted by atomic mass is 10.00. The smallest absolute Gasteiger partial charge is 0.303 e. The predicted molar refractivity (Wildman–Crippen MR) is 186 cm³/mol. The van der Waals surface area contributed by atoms with Crippen LogP contribution in [0, 0.1) is 13.8 Å². The summed E-state index contributed by atoms with van der Waals surface area (Å²) in [5, 5.41) is 11.7. The van der Waals surface area contributed by atoms with Gasteiger partial charge in [-0.2, -0.15) is 0 Å². The standard InChI is InChI=1S/C18H28N2O.C18H30O2.ClH.H2O/c1-4-5-12-20-13-7-6-11-16(20)18(21)19-17-14(2)9-8-10-15(17)3;1-2-3-4-5-6-7-8-9-10-11-12-13-14-15-16-17-18(19)20;;/h8-10,16H,4-7,11-13H2,1-3H3,(H,19,21);3-4,6-7,9-10H,2,5,8,11-17H2,1H3,(H,19,20);1H;1H2/b;4-3-,7-6-,10-9-;;. The summed E-state index contributed by atoms with van der Waals surface area (Å²) in [5.74, 6) is -0.505. The van der Waals surface area contributed by atoms with E-state index in [1.54, 1.807) is 0 Å². The van der Waals surface area contributed by atoms with E-state index in [4.69, 9.17) is 5.11 Å². The zero-order valence-electron chi connectivity index (χ0n) is 27.4. The van der Waals surface area contributed by atoms with Crippen molar-refractivity contribution < 1.29 is 20.2 Å². The van der Waals surface area contributed by atoms with Crippen LogP contribution >= 0.6 is 12.4 Å². The van der Waals surface area contributed by atoms with Gasteiger partial charge in [-0.3, -0.25) is 14.5 Å². The van der Waals surface area contributed by atoms with Crippen LogP contribution in [-0.2, 0) is 9.59 Å². The van der Waals surface area contributed by atoms with Gasteiger partial charge in [-0.05, 0) is 95.9 Å². The predicted octanol–water partition coefficient (Wildman–Crippen LogP) is 9.15. The number of rotatable bonds is 18. The summed E-state index contributed by atoms with van der Waals surface area (Å²) in [4.78, 5) is 25.4. The zero-order valence-corrected chi connectivity index (χ0v) is 28.2. The van der Waals surface area contributed by atoms with E-state index in [0.717, 1.165) is 87.7 Å². The van der Waals surface area contributed by atoms with Gasteiger partial charge in [-0.1, -0.05) is 101 Å². The Bertz CT molecular complexity index is 925. The first kappa shape index (κ1) is 42.7. The molecule has 1 aromatic rings. The fourth-order valence-electron chi connectivity index (χ4n) is 5.03. The molecule has 0 bridgehead atoms. The number of anilines is 1. The van der Waals surface area contributed by atoms with Gasteiger partial charge in [0.05, 0.1) is 6.04 Å². The highest BCUT2D eigenvalue weighted by atomic mass is 35.5. The molecule has 0 spiro atoms. The number of benzene rings is 1. The number of nitrogens with one attached hydrogen (secondary N) is 1. The van der Waals surface area contributed by atoms with Crippen molar-refractivity contribution in [1.29, 1.82) is 0 Å². The number of aliphatic carboxylic acids is 1. The molecule has 7 heteroatoms. The van der Waals surface area contributed by atoms with E-state index in [1.165, 1.54) is 32.1 Å². The average molecular weight is 621 g/mol. The number of amides is 1. The van der Waals surface area contributed by atoms with Crippen LogP contribution in [0.5, 0.6) is 0 Å². The summed E-state index contributed by atoms with van der Waals surface area (Å²) in [7, 11) is 0. The lowest BCUT2D eigenvalue weighted by molar-refractivity contribution is -0.137. The molecular weight excluding hydrogens is 560 g/mol. The van der Waals surface area contributed by atoms with Crippen molar-refractivity contribution in [3.63, 3.8) is 0 Å². The van der Waals surface area contributed by atoms with Crippen LogP contribution < -0.4 is 5.32 Å². The summed E-state index contributed by atoms with van der Waals surface area (Å²) < 4.78 is 0. The molecule has 0 radical (unpaired) electrons. The number of aryl methyl sites for hydroxylation is 2. The number of para-hydroxylation sites is 1. The monoisotopic (exact) mass is 620 g/mol. The topological polar surface area (TPSA) is 101 Å². The van der Waals surface area contributed by atoms with E-state index in [1.807, 2.05) is 6.07 Å². The Morgan fingerprint density at radius 1 is 0.884 bits per heavy atom. The Kier molecular flexibility index (Phi) is 28.2. The minimum absolute atomic E-state index is 0. The Balaban J connectivity index is 0. The highest BCUT2D eigenvalue weighted by Crippen LogP contribution is 2.23. The molecule has 1 atom stereocenters. The van der Waals surface area contributed by atoms with Crippen molar-refractivity contribution in [1.82, 2.24) is 4.90 Å². The second-order valence-corrected chi connectivity index (χ2v) is 11.2. The molecule has 2 rings (SSSR count). The van der Waals surface area contributed by atoms with Crippen LogP contribution in [0.4, 0.5) is 5.69 Å². The minimum atomic E-state index is -0.675. The molecule has 1 aliphatic heterocycles. The minimum Gasteiger partial charge on any atom is -0.481 e. The van der Waals surface area contributed by atoms with Crippen molar-refractivity contribution in [3.05, 3.63) is 65.8 Å². The number of likely N-dealkylation sites (tertiary alicyclic amines) is 1. The molecule has 246 valence electrons. The number of carboxylic acids is 1. The van der Waals surface area contributed by atoms with Crippen molar-refractivity contribution in [2.75, 3.05) is 18.4 Å². The van der Waals surface area contributed by atoms with Gasteiger partial charge in [0, 0.05) is 12.1 Å². The number of allylic oxidation sites excluding steroid dienone is 6. The number of unbranched alkanes of at least 4 members (excludes halogenated alkanes) is 6. The largest absolute Gasteiger partial charge is 0.481 e. The van der Waals surface area contributed by atoms with Gasteiger partial charge in [-0.15, -0.1) is 12.4 Å². The van der Waals surface area contributed by atoms with E-state index in [-0.39, 0.29) is 29.8 Å². The van der Waals surface area contributed by atoms with Gasteiger partial charge in [0.1, 0.15) is 0 Å². The molecule has 43 heavy (non-hydrogen) atoms. The van der Waals surface area contributed by atoms with Gasteiger partial charge in [-0.25, -0.2) is 0 Å². The highest BCUT2D eigenvalue weighted by molar-refractivity contribution is 5.96. The number of nitrogens with zero attached hydrogens (tertiary/aromatic N) is 1. The van der Waals surface area contributed by atoms with E-state index < -0.39 is 5.97 Å². The number of carbonyl (C=O) groups is 2. The molecule has 1 saturated heterocycles. The summed E-state index contributed by atoms with van der Waals surface area (Å²) >= 11 is 0. The molecule has 1 aromatic carbocycles. The Morgan fingerprint density at radius 2 is 1.49 bits per heavy atom. The molecule has 1 unspecified atom stereocenters. The van der Waals surface area contributed by atoms with Crippen LogP contribution in [0.25, 0.3) is 0 Å². The van der Waals surface area contributed by atoms with Crippen molar-refractivity contribution in [2.24, 2.45) is 0 Å². The number of carbonyl (C=O) groups excluding carboxylic acids is 1. The quantitative estimate of drug-likeness (QED) is 0.126. The summed E-state index contributed by atoms with van der Waals surface area (Å²) in [6.45, 7) is 10.6. The normalized spacial score (nSPS) is 15.1. The van der Waals surface area contributed by atoms with Gasteiger partial charge in [0.25, 0.3) is 0 Å². The van der Waals surface area contributed by atoms with Crippen molar-refractivity contribution in [2.45, 2.75) is 130 Å². The molecule has 1 amide bonds. The molecule has 4 N–H and O–H groups in total. The number of hydrogen-bond donors (Lipinski definition) is 2. The van der Waals surface area contributed by atoms with E-state index >= 15 is 0 Å². The Labute approximate surface area is 268 Å². The molecule has 1 aliphatic rings. The second-order valence-electron chi connectivity index (χ2n) is 11.2. The van der Waals surface area contributed by atoms with Crippen LogP contribution in [0.15, 0.2) is 54.7 Å². The third-order valence-corrected chi connectivity index (χ3v) is 7.49. The van der Waals surface area contributed by atoms with E-state index in [0.29, 0.717) is 6.42 Å². The van der Waals surface area contributed by atoms with Crippen molar-refractivity contribution in [3.8, 4) is 0 Å². The van der Waals surface area contributed by atoms with Gasteiger partial charge in [0.15, 0.2) is 0 Å². The molecule has 6 nitrogen and oxygen atoms in total. The number of hydrogen-bond acceptors (Lipinski definition) is 3. The molecule has 0 aromatic heterocycles. The maximum absolute atomic E-state index is 12.7. The summed E-state index contributed by atoms with van der Waals surface area (Å²) in [6, 6.07) is 6.19. The second kappa shape index (κ2) is 28.4. The van der Waals surface area contributed by atoms with Gasteiger partial charge < -0.3 is 15.9 Å². The third kappa shape index (κ3) is 21.0. The summed E-state index contributed by atoms with van der Waals surface area (Å²) in [5.41, 5.74) is 3.27. The first-order chi connectivity index (χ1) is 19.9. The molecule has 1 fully saturated rings. The van der Waals surface area contributed by atoms with E-state index in [9.17, 15) is 9.59 Å². The Morgan fingerprint density at radius 3 is 2.12 bits per heavy atom. The van der Waals surface area contributed by atoms with Crippen LogP contribution in [0.2, 0.25) is 0 Å². The number of piperidine rings is 1. The Hall–Kier alpha value is -2.41. The molecule has 1 heterocycles. The third-order valence-electron chi connectivity index (χ3n) is 7.49.